The third kappa shape index (κ3) is 1.12. The van der Waals surface area contributed by atoms with Crippen LogP contribution in [0, 0.1) is 0 Å². The Morgan fingerprint density at radius 2 is 2.07 bits per heavy atom. The minimum absolute atomic E-state index is 0.389. The molecular formula is C13H15N. The summed E-state index contributed by atoms with van der Waals surface area (Å²) >= 11 is 0. The van der Waals surface area contributed by atoms with Crippen molar-refractivity contribution in [2.24, 2.45) is 5.73 Å². The van der Waals surface area contributed by atoms with Gasteiger partial charge in [-0.25, -0.2) is 0 Å². The lowest BCUT2D eigenvalue weighted by Gasteiger charge is -2.20. The van der Waals surface area contributed by atoms with E-state index in [-0.39, 0.29) is 0 Å². The lowest BCUT2D eigenvalue weighted by Crippen LogP contribution is -2.23. The fourth-order valence-electron chi connectivity index (χ4n) is 2.71. The van der Waals surface area contributed by atoms with Crippen molar-refractivity contribution in [1.82, 2.24) is 0 Å². The van der Waals surface area contributed by atoms with Crippen LogP contribution in [-0.4, -0.2) is 6.04 Å². The first-order chi connectivity index (χ1) is 6.84. The van der Waals surface area contributed by atoms with Crippen LogP contribution in [0.3, 0.4) is 0 Å². The fraction of sp³-hybridized carbons (Fsp3) is 0.385. The predicted molar refractivity (Wildman–Crippen MR) is 58.9 cm³/mol. The molecule has 2 N–H and O–H groups in total. The molecule has 1 nitrogen and oxygen atoms in total. The average molecular weight is 185 g/mol. The summed E-state index contributed by atoms with van der Waals surface area (Å²) in [6.07, 6.45) is 4.66. The summed E-state index contributed by atoms with van der Waals surface area (Å²) in [5.74, 6) is 0. The van der Waals surface area contributed by atoms with Gasteiger partial charge in [-0.1, -0.05) is 29.8 Å². The van der Waals surface area contributed by atoms with E-state index in [1.54, 1.807) is 11.1 Å². The molecule has 0 spiro atoms. The highest BCUT2D eigenvalue weighted by Gasteiger charge is 2.25. The Hall–Kier alpha value is -1.08. The maximum Gasteiger partial charge on any atom is 0.00825 e. The lowest BCUT2D eigenvalue weighted by molar-refractivity contribution is 0.600. The minimum atomic E-state index is 0.389. The molecule has 0 radical (unpaired) electrons. The molecule has 0 amide bonds. The molecule has 2 aliphatic rings. The van der Waals surface area contributed by atoms with Crippen LogP contribution in [0.1, 0.15) is 30.4 Å². The van der Waals surface area contributed by atoms with Crippen LogP contribution in [0.2, 0.25) is 0 Å². The van der Waals surface area contributed by atoms with Crippen molar-refractivity contribution >= 4 is 5.57 Å². The van der Waals surface area contributed by atoms with Gasteiger partial charge in [0.1, 0.15) is 0 Å². The van der Waals surface area contributed by atoms with Gasteiger partial charge in [-0.05, 0) is 42.4 Å². The van der Waals surface area contributed by atoms with Gasteiger partial charge in [-0.3, -0.25) is 0 Å². The number of nitrogens with two attached hydrogens (primary N) is 1. The summed E-state index contributed by atoms with van der Waals surface area (Å²) < 4.78 is 0. The van der Waals surface area contributed by atoms with Crippen molar-refractivity contribution < 1.29 is 0 Å². The van der Waals surface area contributed by atoms with Gasteiger partial charge >= 0.3 is 0 Å². The van der Waals surface area contributed by atoms with Crippen LogP contribution in [-0.2, 0) is 6.42 Å². The topological polar surface area (TPSA) is 26.0 Å². The number of rotatable bonds is 0. The molecule has 3 rings (SSSR count). The first-order valence-corrected chi connectivity index (χ1v) is 5.39. The van der Waals surface area contributed by atoms with E-state index in [4.69, 9.17) is 5.73 Å². The van der Waals surface area contributed by atoms with Crippen LogP contribution < -0.4 is 5.73 Å². The maximum absolute atomic E-state index is 6.01. The van der Waals surface area contributed by atoms with Crippen molar-refractivity contribution in [2.45, 2.75) is 31.7 Å². The second kappa shape index (κ2) is 2.96. The smallest absolute Gasteiger partial charge is 0.00825 e. The molecule has 1 atom stereocenters. The lowest BCUT2D eigenvalue weighted by atomic mass is 9.89. The van der Waals surface area contributed by atoms with E-state index in [1.807, 2.05) is 0 Å². The summed E-state index contributed by atoms with van der Waals surface area (Å²) in [5.41, 5.74) is 12.2. The molecule has 1 heteroatoms. The Morgan fingerprint density at radius 1 is 1.21 bits per heavy atom. The van der Waals surface area contributed by atoms with Crippen LogP contribution >= 0.6 is 0 Å². The zero-order valence-corrected chi connectivity index (χ0v) is 8.29. The van der Waals surface area contributed by atoms with Gasteiger partial charge in [0, 0.05) is 6.04 Å². The number of allylic oxidation sites excluding steroid dienone is 1. The number of fused-ring (bicyclic) bond motifs is 2. The van der Waals surface area contributed by atoms with Gasteiger partial charge in [0.2, 0.25) is 0 Å². The van der Waals surface area contributed by atoms with E-state index >= 15 is 0 Å². The SMILES string of the molecule is NC1CCC2=C(C1)c1ccccc1C2. The van der Waals surface area contributed by atoms with Crippen LogP contribution in [0.5, 0.6) is 0 Å². The van der Waals surface area contributed by atoms with Crippen molar-refractivity contribution in [2.75, 3.05) is 0 Å². The van der Waals surface area contributed by atoms with Crippen LogP contribution in [0.15, 0.2) is 29.8 Å². The van der Waals surface area contributed by atoms with Crippen molar-refractivity contribution in [3.63, 3.8) is 0 Å². The summed E-state index contributed by atoms with van der Waals surface area (Å²) in [4.78, 5) is 0. The normalized spacial score (nSPS) is 24.8. The number of benzene rings is 1. The molecule has 0 saturated carbocycles. The Morgan fingerprint density at radius 3 is 3.00 bits per heavy atom. The quantitative estimate of drug-likeness (QED) is 0.660. The fourth-order valence-corrected chi connectivity index (χ4v) is 2.71. The van der Waals surface area contributed by atoms with E-state index < -0.39 is 0 Å². The second-order valence-electron chi connectivity index (χ2n) is 4.42. The zero-order valence-electron chi connectivity index (χ0n) is 8.29. The Labute approximate surface area is 84.6 Å². The third-order valence-corrected chi connectivity index (χ3v) is 3.46. The Balaban J connectivity index is 2.07. The summed E-state index contributed by atoms with van der Waals surface area (Å²) in [6, 6.07) is 9.15. The van der Waals surface area contributed by atoms with Gasteiger partial charge in [0.05, 0.1) is 0 Å². The van der Waals surface area contributed by atoms with Crippen LogP contribution in [0.25, 0.3) is 5.57 Å². The number of hydrogen-bond donors (Lipinski definition) is 1. The first-order valence-electron chi connectivity index (χ1n) is 5.39. The van der Waals surface area contributed by atoms with Gasteiger partial charge in [0.25, 0.3) is 0 Å². The largest absolute Gasteiger partial charge is 0.327 e. The molecule has 14 heavy (non-hydrogen) atoms. The monoisotopic (exact) mass is 185 g/mol. The van der Waals surface area contributed by atoms with Gasteiger partial charge < -0.3 is 5.73 Å². The molecule has 0 aliphatic heterocycles. The number of hydrogen-bond acceptors (Lipinski definition) is 1. The molecule has 0 fully saturated rings. The van der Waals surface area contributed by atoms with E-state index in [2.05, 4.69) is 24.3 Å². The molecule has 0 heterocycles. The summed E-state index contributed by atoms with van der Waals surface area (Å²) in [6.45, 7) is 0. The van der Waals surface area contributed by atoms with Crippen molar-refractivity contribution in [3.05, 3.63) is 41.0 Å². The van der Waals surface area contributed by atoms with Gasteiger partial charge in [-0.2, -0.15) is 0 Å². The second-order valence-corrected chi connectivity index (χ2v) is 4.42. The highest BCUT2D eigenvalue weighted by atomic mass is 14.6. The molecule has 72 valence electrons. The standard InChI is InChI=1S/C13H15N/c14-11-6-5-10-7-9-3-1-2-4-12(9)13(10)8-11/h1-4,11H,5-8,14H2. The van der Waals surface area contributed by atoms with E-state index in [9.17, 15) is 0 Å². The van der Waals surface area contributed by atoms with E-state index in [1.165, 1.54) is 30.4 Å². The average Bonchev–Trinajstić information content (AvgIpc) is 2.56. The third-order valence-electron chi connectivity index (χ3n) is 3.46. The van der Waals surface area contributed by atoms with E-state index in [0.717, 1.165) is 6.42 Å². The first kappa shape index (κ1) is 8.25. The molecule has 1 aromatic rings. The van der Waals surface area contributed by atoms with Crippen LogP contribution in [0.4, 0.5) is 0 Å². The highest BCUT2D eigenvalue weighted by Crippen LogP contribution is 2.40. The molecule has 1 aromatic carbocycles. The highest BCUT2D eigenvalue weighted by molar-refractivity contribution is 5.77. The predicted octanol–water partition coefficient (Wildman–Crippen LogP) is 2.51. The molecule has 0 bridgehead atoms. The zero-order chi connectivity index (χ0) is 9.54. The summed E-state index contributed by atoms with van der Waals surface area (Å²) in [7, 11) is 0. The summed E-state index contributed by atoms with van der Waals surface area (Å²) in [5, 5.41) is 0. The minimum Gasteiger partial charge on any atom is -0.327 e. The molecule has 2 aliphatic carbocycles. The maximum atomic E-state index is 6.01. The molecular weight excluding hydrogens is 170 g/mol. The van der Waals surface area contributed by atoms with E-state index in [0.29, 0.717) is 6.04 Å². The van der Waals surface area contributed by atoms with Gasteiger partial charge in [0.15, 0.2) is 0 Å². The molecule has 0 saturated heterocycles. The van der Waals surface area contributed by atoms with Crippen molar-refractivity contribution in [1.29, 1.82) is 0 Å². The van der Waals surface area contributed by atoms with Crippen molar-refractivity contribution in [3.8, 4) is 0 Å². The molecule has 1 unspecified atom stereocenters. The molecule has 0 aromatic heterocycles. The Bertz CT molecular complexity index is 403. The van der Waals surface area contributed by atoms with Gasteiger partial charge in [-0.15, -0.1) is 0 Å². The Kier molecular flexibility index (Phi) is 1.74.